The fourth-order valence-electron chi connectivity index (χ4n) is 3.26. The van der Waals surface area contributed by atoms with Crippen molar-refractivity contribution >= 4 is 29.3 Å². The van der Waals surface area contributed by atoms with Crippen LogP contribution < -0.4 is 10.2 Å². The fourth-order valence-corrected chi connectivity index (χ4v) is 3.39. The van der Waals surface area contributed by atoms with Gasteiger partial charge in [0.05, 0.1) is 12.2 Å². The number of anilines is 2. The summed E-state index contributed by atoms with van der Waals surface area (Å²) in [5.41, 5.74) is 1.48. The van der Waals surface area contributed by atoms with Crippen LogP contribution >= 0.6 is 11.6 Å². The van der Waals surface area contributed by atoms with E-state index in [2.05, 4.69) is 20.4 Å². The minimum Gasteiger partial charge on any atom is -0.356 e. The van der Waals surface area contributed by atoms with E-state index in [1.165, 1.54) is 4.90 Å². The molecule has 1 aliphatic heterocycles. The Hall–Kier alpha value is -3.00. The third-order valence-corrected chi connectivity index (χ3v) is 5.14. The second-order valence-corrected chi connectivity index (χ2v) is 7.44. The molecule has 7 nitrogen and oxygen atoms in total. The highest BCUT2D eigenvalue weighted by Gasteiger charge is 2.32. The topological polar surface area (TPSA) is 84.2 Å². The molecule has 0 aliphatic carbocycles. The first-order valence-corrected chi connectivity index (χ1v) is 9.64. The van der Waals surface area contributed by atoms with Crippen LogP contribution in [0, 0.1) is 5.82 Å². The Morgan fingerprint density at radius 2 is 2.10 bits per heavy atom. The van der Waals surface area contributed by atoms with Crippen molar-refractivity contribution in [3.05, 3.63) is 53.1 Å². The smallest absolute Gasteiger partial charge is 0.228 e. The van der Waals surface area contributed by atoms with Gasteiger partial charge in [-0.05, 0) is 44.5 Å². The summed E-state index contributed by atoms with van der Waals surface area (Å²) >= 11 is 5.91. The van der Waals surface area contributed by atoms with Gasteiger partial charge in [-0.2, -0.15) is 4.98 Å². The Kier molecular flexibility index (Phi) is 5.19. The second-order valence-electron chi connectivity index (χ2n) is 7.01. The number of nitrogens with one attached hydrogen (secondary N) is 1. The predicted octanol–water partition coefficient (Wildman–Crippen LogP) is 4.61. The van der Waals surface area contributed by atoms with Crippen molar-refractivity contribution in [3.63, 3.8) is 0 Å². The van der Waals surface area contributed by atoms with Crippen molar-refractivity contribution in [3.8, 4) is 11.3 Å². The normalized spacial score (nSPS) is 17.6. The zero-order chi connectivity index (χ0) is 20.5. The first-order valence-electron chi connectivity index (χ1n) is 9.26. The molecule has 0 spiro atoms. The molecule has 29 heavy (non-hydrogen) atoms. The van der Waals surface area contributed by atoms with Gasteiger partial charge in [0.2, 0.25) is 11.9 Å². The van der Waals surface area contributed by atoms with Gasteiger partial charge in [0, 0.05) is 29.1 Å². The first kappa shape index (κ1) is 19.3. The third kappa shape index (κ3) is 3.93. The molecule has 2 atom stereocenters. The van der Waals surface area contributed by atoms with Crippen molar-refractivity contribution < 1.29 is 13.7 Å². The van der Waals surface area contributed by atoms with Gasteiger partial charge in [-0.25, -0.2) is 9.37 Å². The van der Waals surface area contributed by atoms with Crippen molar-refractivity contribution in [2.45, 2.75) is 38.8 Å². The largest absolute Gasteiger partial charge is 0.356 e. The molecule has 3 heterocycles. The number of nitrogens with zero attached hydrogens (tertiary/aromatic N) is 4. The van der Waals surface area contributed by atoms with Crippen LogP contribution in [0.1, 0.15) is 38.4 Å². The number of amides is 1. The van der Waals surface area contributed by atoms with Gasteiger partial charge < -0.3 is 9.84 Å². The molecule has 0 bridgehead atoms. The Morgan fingerprint density at radius 3 is 2.79 bits per heavy atom. The van der Waals surface area contributed by atoms with Crippen LogP contribution in [0.25, 0.3) is 11.3 Å². The summed E-state index contributed by atoms with van der Waals surface area (Å²) < 4.78 is 19.7. The van der Waals surface area contributed by atoms with Crippen molar-refractivity contribution in [2.24, 2.45) is 0 Å². The molecular formula is C20H19ClFN5O2. The molecule has 1 aliphatic rings. The van der Waals surface area contributed by atoms with Crippen molar-refractivity contribution in [1.82, 2.24) is 15.1 Å². The quantitative estimate of drug-likeness (QED) is 0.655. The fraction of sp³-hybridized carbons (Fsp3) is 0.300. The molecule has 3 aromatic rings. The lowest BCUT2D eigenvalue weighted by molar-refractivity contribution is -0.117. The van der Waals surface area contributed by atoms with Crippen LogP contribution in [0.5, 0.6) is 0 Å². The predicted molar refractivity (Wildman–Crippen MR) is 107 cm³/mol. The molecule has 1 fully saturated rings. The first-order chi connectivity index (χ1) is 13.9. The number of carbonyl (C=O) groups is 1. The summed E-state index contributed by atoms with van der Waals surface area (Å²) in [7, 11) is 0. The van der Waals surface area contributed by atoms with Crippen molar-refractivity contribution in [2.75, 3.05) is 10.2 Å². The molecule has 1 aromatic carbocycles. The van der Waals surface area contributed by atoms with Crippen molar-refractivity contribution in [1.29, 1.82) is 0 Å². The highest BCUT2D eigenvalue weighted by molar-refractivity contribution is 6.30. The van der Waals surface area contributed by atoms with Gasteiger partial charge in [0.25, 0.3) is 0 Å². The lowest BCUT2D eigenvalue weighted by atomic mass is 10.1. The van der Waals surface area contributed by atoms with E-state index in [9.17, 15) is 9.18 Å². The van der Waals surface area contributed by atoms with Gasteiger partial charge in [-0.3, -0.25) is 9.69 Å². The summed E-state index contributed by atoms with van der Waals surface area (Å²) in [6.07, 6.45) is 2.13. The maximum Gasteiger partial charge on any atom is 0.228 e. The Bertz CT molecular complexity index is 1040. The summed E-state index contributed by atoms with van der Waals surface area (Å²) in [5.74, 6) is 0.0287. The summed E-state index contributed by atoms with van der Waals surface area (Å²) in [5, 5.41) is 7.81. The van der Waals surface area contributed by atoms with Gasteiger partial charge >= 0.3 is 0 Å². The minimum atomic E-state index is -0.628. The SMILES string of the molecule is C[C@H](Nc1ncc(F)c(N2C(=O)CC[C@H]2C)n1)c1cc(-c2ccc(Cl)cc2)on1. The summed E-state index contributed by atoms with van der Waals surface area (Å²) in [6.45, 7) is 3.73. The highest BCUT2D eigenvalue weighted by Crippen LogP contribution is 2.29. The third-order valence-electron chi connectivity index (χ3n) is 4.89. The average Bonchev–Trinajstić information content (AvgIpc) is 3.31. The van der Waals surface area contributed by atoms with E-state index in [1.54, 1.807) is 18.2 Å². The second kappa shape index (κ2) is 7.79. The number of hydrogen-bond donors (Lipinski definition) is 1. The molecular weight excluding hydrogens is 397 g/mol. The number of benzene rings is 1. The van der Waals surface area contributed by atoms with Gasteiger partial charge in [0.1, 0.15) is 5.69 Å². The van der Waals surface area contributed by atoms with Gasteiger partial charge in [-0.1, -0.05) is 16.8 Å². The van der Waals surface area contributed by atoms with Crippen LogP contribution in [0.15, 0.2) is 41.1 Å². The molecule has 0 radical (unpaired) electrons. The maximum atomic E-state index is 14.3. The maximum absolute atomic E-state index is 14.3. The van der Waals surface area contributed by atoms with E-state index in [0.717, 1.165) is 11.8 Å². The number of rotatable bonds is 5. The number of carbonyl (C=O) groups excluding carboxylic acids is 1. The van der Waals surface area contributed by atoms with Crippen LogP contribution in [-0.2, 0) is 4.79 Å². The number of halogens is 2. The van der Waals surface area contributed by atoms with Gasteiger partial charge in [-0.15, -0.1) is 0 Å². The summed E-state index contributed by atoms with van der Waals surface area (Å²) in [4.78, 5) is 21.7. The molecule has 4 rings (SSSR count). The lowest BCUT2D eigenvalue weighted by Crippen LogP contribution is -2.32. The Labute approximate surface area is 171 Å². The molecule has 0 saturated carbocycles. The zero-order valence-electron chi connectivity index (χ0n) is 15.9. The Balaban J connectivity index is 1.53. The molecule has 1 amide bonds. The Morgan fingerprint density at radius 1 is 1.34 bits per heavy atom. The number of aromatic nitrogens is 3. The van der Waals surface area contributed by atoms with E-state index in [1.807, 2.05) is 26.0 Å². The van der Waals surface area contributed by atoms with Crippen LogP contribution in [-0.4, -0.2) is 27.1 Å². The summed E-state index contributed by atoms with van der Waals surface area (Å²) in [6, 6.07) is 8.63. The molecule has 1 N–H and O–H groups in total. The number of hydrogen-bond acceptors (Lipinski definition) is 6. The standard InChI is InChI=1S/C20H19ClFN5O2/c1-11-3-8-18(28)27(11)19-15(22)10-23-20(25-19)24-12(2)16-9-17(29-26-16)13-4-6-14(21)7-5-13/h4-7,9-12H,3,8H2,1-2H3,(H,23,24,25)/t11-,12+/m1/s1. The van der Waals surface area contributed by atoms with E-state index in [-0.39, 0.29) is 29.8 Å². The van der Waals surface area contributed by atoms with Crippen LogP contribution in [0.3, 0.4) is 0 Å². The van der Waals surface area contributed by atoms with E-state index in [0.29, 0.717) is 29.3 Å². The lowest BCUT2D eigenvalue weighted by Gasteiger charge is -2.21. The minimum absolute atomic E-state index is 0.00768. The van der Waals surface area contributed by atoms with Crippen LogP contribution in [0.2, 0.25) is 5.02 Å². The molecule has 0 unspecified atom stereocenters. The van der Waals surface area contributed by atoms with Crippen LogP contribution in [0.4, 0.5) is 16.2 Å². The highest BCUT2D eigenvalue weighted by atomic mass is 35.5. The molecule has 9 heteroatoms. The van der Waals surface area contributed by atoms with E-state index >= 15 is 0 Å². The molecule has 150 valence electrons. The zero-order valence-corrected chi connectivity index (χ0v) is 16.7. The average molecular weight is 416 g/mol. The molecule has 1 saturated heterocycles. The van der Waals surface area contributed by atoms with E-state index < -0.39 is 5.82 Å². The molecule has 2 aromatic heterocycles. The van der Waals surface area contributed by atoms with E-state index in [4.69, 9.17) is 16.1 Å². The monoisotopic (exact) mass is 415 g/mol. The van der Waals surface area contributed by atoms with Gasteiger partial charge in [0.15, 0.2) is 17.4 Å².